The second-order valence-corrected chi connectivity index (χ2v) is 10.7. The number of carbonyl (C=O) groups is 2. The van der Waals surface area contributed by atoms with Gasteiger partial charge in [0.25, 0.3) is 0 Å². The molecule has 7 nitrogen and oxygen atoms in total. The molecule has 170 valence electrons. The zero-order valence-corrected chi connectivity index (χ0v) is 20.8. The van der Waals surface area contributed by atoms with Gasteiger partial charge in [0.15, 0.2) is 11.0 Å². The van der Waals surface area contributed by atoms with Crippen molar-refractivity contribution in [1.82, 2.24) is 14.8 Å². The molecule has 0 aromatic carbocycles. The van der Waals surface area contributed by atoms with Gasteiger partial charge in [-0.1, -0.05) is 18.7 Å². The summed E-state index contributed by atoms with van der Waals surface area (Å²) in [5.41, 5.74) is 2.62. The van der Waals surface area contributed by atoms with Crippen molar-refractivity contribution in [3.63, 3.8) is 0 Å². The standard InChI is InChI=1S/C22H26N4O3S3/c1-4-9-26-19(14-10-13(3)30-11-14)24-25-22(26)31-12-17(27)23-20-18(21(28)29-5-2)15-7-6-8-16(15)32-20/h10-11H,4-9,12H2,1-3H3,(H,23,27). The molecule has 0 radical (unpaired) electrons. The van der Waals surface area contributed by atoms with E-state index in [1.807, 2.05) is 0 Å². The lowest BCUT2D eigenvalue weighted by Crippen LogP contribution is -2.17. The van der Waals surface area contributed by atoms with Gasteiger partial charge in [-0.05, 0) is 51.2 Å². The van der Waals surface area contributed by atoms with E-state index in [0.29, 0.717) is 17.2 Å². The van der Waals surface area contributed by atoms with Gasteiger partial charge in [-0.25, -0.2) is 4.79 Å². The second kappa shape index (κ2) is 10.2. The Labute approximate surface area is 199 Å². The first kappa shape index (κ1) is 23.0. The van der Waals surface area contributed by atoms with Crippen LogP contribution in [0.15, 0.2) is 16.6 Å². The normalized spacial score (nSPS) is 12.7. The van der Waals surface area contributed by atoms with Gasteiger partial charge in [-0.3, -0.25) is 4.79 Å². The molecule has 0 spiro atoms. The minimum atomic E-state index is -0.353. The molecule has 0 aliphatic heterocycles. The number of amides is 1. The van der Waals surface area contributed by atoms with Crippen molar-refractivity contribution < 1.29 is 14.3 Å². The summed E-state index contributed by atoms with van der Waals surface area (Å²) in [4.78, 5) is 27.7. The second-order valence-electron chi connectivity index (χ2n) is 7.52. The number of ether oxygens (including phenoxy) is 1. The van der Waals surface area contributed by atoms with Gasteiger partial charge >= 0.3 is 5.97 Å². The number of hydrogen-bond acceptors (Lipinski definition) is 8. The van der Waals surface area contributed by atoms with Crippen LogP contribution in [0.2, 0.25) is 0 Å². The highest BCUT2D eigenvalue weighted by atomic mass is 32.2. The average molecular weight is 491 g/mol. The number of aromatic nitrogens is 3. The third-order valence-electron chi connectivity index (χ3n) is 5.14. The molecule has 0 fully saturated rings. The maximum Gasteiger partial charge on any atom is 0.341 e. The summed E-state index contributed by atoms with van der Waals surface area (Å²) in [5, 5.41) is 15.1. The number of nitrogens with zero attached hydrogens (tertiary/aromatic N) is 3. The van der Waals surface area contributed by atoms with E-state index in [1.165, 1.54) is 32.9 Å². The summed E-state index contributed by atoms with van der Waals surface area (Å²) in [6.45, 7) is 7.06. The molecule has 1 aliphatic carbocycles. The Morgan fingerprint density at radius 2 is 2.12 bits per heavy atom. The van der Waals surface area contributed by atoms with Crippen LogP contribution in [0.4, 0.5) is 5.00 Å². The topological polar surface area (TPSA) is 86.1 Å². The van der Waals surface area contributed by atoms with Crippen molar-refractivity contribution in [3.05, 3.63) is 32.3 Å². The zero-order chi connectivity index (χ0) is 22.7. The summed E-state index contributed by atoms with van der Waals surface area (Å²) in [6.07, 6.45) is 3.78. The van der Waals surface area contributed by atoms with Crippen LogP contribution in [0.25, 0.3) is 11.4 Å². The molecule has 1 aliphatic rings. The minimum Gasteiger partial charge on any atom is -0.462 e. The molecular formula is C22H26N4O3S3. The van der Waals surface area contributed by atoms with Gasteiger partial charge in [0.2, 0.25) is 5.91 Å². The van der Waals surface area contributed by atoms with Crippen molar-refractivity contribution in [2.45, 2.75) is 58.2 Å². The first-order chi connectivity index (χ1) is 15.5. The van der Waals surface area contributed by atoms with Gasteiger partial charge in [-0.2, -0.15) is 0 Å². The van der Waals surface area contributed by atoms with Crippen LogP contribution in [0.3, 0.4) is 0 Å². The Kier molecular flexibility index (Phi) is 7.32. The molecule has 0 saturated heterocycles. The number of thiophene rings is 2. The summed E-state index contributed by atoms with van der Waals surface area (Å²) in [7, 11) is 0. The molecule has 3 heterocycles. The first-order valence-electron chi connectivity index (χ1n) is 10.7. The number of fused-ring (bicyclic) bond motifs is 1. The monoisotopic (exact) mass is 490 g/mol. The summed E-state index contributed by atoms with van der Waals surface area (Å²) in [5.74, 6) is 0.501. The fourth-order valence-electron chi connectivity index (χ4n) is 3.80. The van der Waals surface area contributed by atoms with E-state index in [4.69, 9.17) is 4.74 Å². The van der Waals surface area contributed by atoms with Crippen molar-refractivity contribution in [3.8, 4) is 11.4 Å². The molecule has 1 amide bonds. The maximum absolute atomic E-state index is 12.8. The van der Waals surface area contributed by atoms with E-state index >= 15 is 0 Å². The SMILES string of the molecule is CCCn1c(SCC(=O)Nc2sc3c(c2C(=O)OCC)CCC3)nnc1-c1csc(C)c1. The number of nitrogens with one attached hydrogen (secondary N) is 1. The van der Waals surface area contributed by atoms with Crippen molar-refractivity contribution in [1.29, 1.82) is 0 Å². The Bertz CT molecular complexity index is 1130. The lowest BCUT2D eigenvalue weighted by Gasteiger charge is -2.09. The van der Waals surface area contributed by atoms with Crippen molar-refractivity contribution >= 4 is 51.3 Å². The molecule has 1 N–H and O–H groups in total. The summed E-state index contributed by atoms with van der Waals surface area (Å²) in [6, 6.07) is 2.11. The molecule has 0 atom stereocenters. The quantitative estimate of drug-likeness (QED) is 0.328. The average Bonchev–Trinajstić information content (AvgIpc) is 3.51. The number of rotatable bonds is 9. The van der Waals surface area contributed by atoms with Crippen LogP contribution in [0.1, 0.15) is 52.4 Å². The fraction of sp³-hybridized carbons (Fsp3) is 0.455. The smallest absolute Gasteiger partial charge is 0.341 e. The molecule has 32 heavy (non-hydrogen) atoms. The van der Waals surface area contributed by atoms with Gasteiger partial charge in [0.1, 0.15) is 5.00 Å². The molecule has 3 aromatic heterocycles. The highest BCUT2D eigenvalue weighted by Gasteiger charge is 2.28. The zero-order valence-electron chi connectivity index (χ0n) is 18.4. The number of carbonyl (C=O) groups excluding carboxylic acids is 2. The van der Waals surface area contributed by atoms with Crippen LogP contribution in [-0.4, -0.2) is 39.0 Å². The number of thioether (sulfide) groups is 1. The number of aryl methyl sites for hydroxylation is 2. The number of esters is 1. The van der Waals surface area contributed by atoms with E-state index in [2.05, 4.69) is 45.4 Å². The van der Waals surface area contributed by atoms with E-state index in [1.54, 1.807) is 18.3 Å². The molecule has 10 heteroatoms. The third-order valence-corrected chi connectivity index (χ3v) is 8.17. The molecule has 0 bridgehead atoms. The lowest BCUT2D eigenvalue weighted by atomic mass is 10.1. The largest absolute Gasteiger partial charge is 0.462 e. The summed E-state index contributed by atoms with van der Waals surface area (Å²) >= 11 is 4.54. The predicted octanol–water partition coefficient (Wildman–Crippen LogP) is 5.18. The van der Waals surface area contributed by atoms with Gasteiger partial charge in [0, 0.05) is 27.2 Å². The van der Waals surface area contributed by atoms with Gasteiger partial charge in [0.05, 0.1) is 17.9 Å². The Morgan fingerprint density at radius 1 is 1.28 bits per heavy atom. The fourth-order valence-corrected chi connectivity index (χ4v) is 6.54. The van der Waals surface area contributed by atoms with E-state index < -0.39 is 0 Å². The van der Waals surface area contributed by atoms with E-state index in [-0.39, 0.29) is 17.6 Å². The number of hydrogen-bond donors (Lipinski definition) is 1. The first-order valence-corrected chi connectivity index (χ1v) is 13.4. The highest BCUT2D eigenvalue weighted by molar-refractivity contribution is 7.99. The number of anilines is 1. The predicted molar refractivity (Wildman–Crippen MR) is 130 cm³/mol. The maximum atomic E-state index is 12.8. The molecular weight excluding hydrogens is 464 g/mol. The molecule has 0 saturated carbocycles. The van der Waals surface area contributed by atoms with Crippen LogP contribution >= 0.6 is 34.4 Å². The Morgan fingerprint density at radius 3 is 2.84 bits per heavy atom. The van der Waals surface area contributed by atoms with Gasteiger partial charge in [-0.15, -0.1) is 32.9 Å². The van der Waals surface area contributed by atoms with Crippen LogP contribution in [0.5, 0.6) is 0 Å². The van der Waals surface area contributed by atoms with E-state index in [9.17, 15) is 9.59 Å². The van der Waals surface area contributed by atoms with Crippen LogP contribution in [0, 0.1) is 6.92 Å². The summed E-state index contributed by atoms with van der Waals surface area (Å²) < 4.78 is 7.32. The Hall–Kier alpha value is -2.17. The van der Waals surface area contributed by atoms with Crippen molar-refractivity contribution in [2.75, 3.05) is 17.7 Å². The highest BCUT2D eigenvalue weighted by Crippen LogP contribution is 2.39. The lowest BCUT2D eigenvalue weighted by molar-refractivity contribution is -0.113. The van der Waals surface area contributed by atoms with Crippen LogP contribution in [-0.2, 0) is 28.9 Å². The van der Waals surface area contributed by atoms with Crippen LogP contribution < -0.4 is 5.32 Å². The Balaban J connectivity index is 1.47. The van der Waals surface area contributed by atoms with Crippen molar-refractivity contribution in [2.24, 2.45) is 0 Å². The molecule has 0 unspecified atom stereocenters. The minimum absolute atomic E-state index is 0.167. The van der Waals surface area contributed by atoms with E-state index in [0.717, 1.165) is 54.3 Å². The third kappa shape index (κ3) is 4.77. The molecule has 4 rings (SSSR count). The molecule has 3 aromatic rings. The van der Waals surface area contributed by atoms with Gasteiger partial charge < -0.3 is 14.6 Å².